The van der Waals surface area contributed by atoms with Gasteiger partial charge >= 0.3 is 5.97 Å². The van der Waals surface area contributed by atoms with Crippen LogP contribution in [0.3, 0.4) is 0 Å². The number of thiazole rings is 1. The predicted octanol–water partition coefficient (Wildman–Crippen LogP) is 3.51. The van der Waals surface area contributed by atoms with Crippen LogP contribution < -0.4 is 14.9 Å². The molecule has 0 amide bonds. The lowest BCUT2D eigenvalue weighted by Crippen LogP contribution is -2.39. The Labute approximate surface area is 179 Å². The van der Waals surface area contributed by atoms with E-state index in [0.717, 1.165) is 10.4 Å². The molecule has 1 unspecified atom stereocenters. The molecule has 1 aliphatic rings. The maximum Gasteiger partial charge on any atom is 0.338 e. The fourth-order valence-electron chi connectivity index (χ4n) is 3.22. The molecule has 0 saturated carbocycles. The van der Waals surface area contributed by atoms with Crippen molar-refractivity contribution in [2.45, 2.75) is 19.9 Å². The van der Waals surface area contributed by atoms with Crippen molar-refractivity contribution in [2.75, 3.05) is 6.61 Å². The Kier molecular flexibility index (Phi) is 5.54. The van der Waals surface area contributed by atoms with Crippen LogP contribution in [0.5, 0.6) is 0 Å². The first-order chi connectivity index (χ1) is 14.0. The predicted molar refractivity (Wildman–Crippen MR) is 116 cm³/mol. The molecule has 0 fully saturated rings. The molecule has 148 valence electrons. The van der Waals surface area contributed by atoms with Crippen LogP contribution in [0.25, 0.3) is 6.08 Å². The molecule has 0 spiro atoms. The highest BCUT2D eigenvalue weighted by Crippen LogP contribution is 2.33. The summed E-state index contributed by atoms with van der Waals surface area (Å²) in [6, 6.07) is 10.5. The third kappa shape index (κ3) is 3.73. The Balaban J connectivity index is 1.93. The van der Waals surface area contributed by atoms with Gasteiger partial charge in [0.1, 0.15) is 6.04 Å². The van der Waals surface area contributed by atoms with E-state index in [9.17, 15) is 9.59 Å². The number of hydrogen-bond donors (Lipinski definition) is 0. The van der Waals surface area contributed by atoms with Crippen LogP contribution in [-0.2, 0) is 9.53 Å². The van der Waals surface area contributed by atoms with E-state index in [1.165, 1.54) is 22.7 Å². The van der Waals surface area contributed by atoms with Gasteiger partial charge in [-0.3, -0.25) is 9.36 Å². The fraction of sp³-hybridized carbons (Fsp3) is 0.190. The summed E-state index contributed by atoms with van der Waals surface area (Å²) in [6.07, 6.45) is 1.81. The van der Waals surface area contributed by atoms with E-state index in [4.69, 9.17) is 16.3 Å². The molecular formula is C21H17ClN2O3S2. The number of rotatable bonds is 4. The summed E-state index contributed by atoms with van der Waals surface area (Å²) in [6.45, 7) is 3.80. The summed E-state index contributed by atoms with van der Waals surface area (Å²) in [5.74, 6) is -0.445. The lowest BCUT2D eigenvalue weighted by molar-refractivity contribution is -0.139. The second-order valence-electron chi connectivity index (χ2n) is 6.37. The van der Waals surface area contributed by atoms with E-state index in [1.807, 2.05) is 35.7 Å². The zero-order chi connectivity index (χ0) is 20.5. The van der Waals surface area contributed by atoms with Gasteiger partial charge in [0.15, 0.2) is 4.80 Å². The normalized spacial score (nSPS) is 16.5. The van der Waals surface area contributed by atoms with Crippen molar-refractivity contribution in [1.82, 2.24) is 4.57 Å². The first kappa shape index (κ1) is 19.8. The summed E-state index contributed by atoms with van der Waals surface area (Å²) < 4.78 is 7.41. The smallest absolute Gasteiger partial charge is 0.338 e. The lowest BCUT2D eigenvalue weighted by atomic mass is 10.0. The number of allylic oxidation sites excluding steroid dienone is 1. The summed E-state index contributed by atoms with van der Waals surface area (Å²) in [5.41, 5.74) is 1.66. The van der Waals surface area contributed by atoms with Crippen LogP contribution in [0.15, 0.2) is 62.8 Å². The van der Waals surface area contributed by atoms with Crippen molar-refractivity contribution in [3.8, 4) is 0 Å². The van der Waals surface area contributed by atoms with Crippen molar-refractivity contribution in [1.29, 1.82) is 0 Å². The van der Waals surface area contributed by atoms with Gasteiger partial charge in [0, 0.05) is 9.90 Å². The Bertz CT molecular complexity index is 1270. The average Bonchev–Trinajstić information content (AvgIpc) is 3.32. The van der Waals surface area contributed by atoms with E-state index < -0.39 is 12.0 Å². The van der Waals surface area contributed by atoms with Crippen molar-refractivity contribution >= 4 is 46.3 Å². The molecule has 3 aromatic rings. The van der Waals surface area contributed by atoms with Gasteiger partial charge in [-0.1, -0.05) is 41.1 Å². The van der Waals surface area contributed by atoms with Crippen molar-refractivity contribution in [3.63, 3.8) is 0 Å². The minimum Gasteiger partial charge on any atom is -0.463 e. The molecule has 3 heterocycles. The average molecular weight is 445 g/mol. The van der Waals surface area contributed by atoms with Crippen LogP contribution in [0, 0.1) is 0 Å². The topological polar surface area (TPSA) is 60.7 Å². The highest BCUT2D eigenvalue weighted by Gasteiger charge is 2.33. The maximum absolute atomic E-state index is 13.3. The molecule has 0 N–H and O–H groups in total. The number of nitrogens with zero attached hydrogens (tertiary/aromatic N) is 2. The van der Waals surface area contributed by atoms with E-state index in [0.29, 0.717) is 25.6 Å². The van der Waals surface area contributed by atoms with Gasteiger partial charge < -0.3 is 4.74 Å². The lowest BCUT2D eigenvalue weighted by Gasteiger charge is -2.23. The zero-order valence-corrected chi connectivity index (χ0v) is 18.1. The number of hydrogen-bond acceptors (Lipinski definition) is 6. The van der Waals surface area contributed by atoms with Crippen molar-refractivity contribution in [2.24, 2.45) is 4.99 Å². The van der Waals surface area contributed by atoms with Gasteiger partial charge in [-0.2, -0.15) is 0 Å². The van der Waals surface area contributed by atoms with Gasteiger partial charge in [0.2, 0.25) is 0 Å². The quantitative estimate of drug-likeness (QED) is 0.578. The monoisotopic (exact) mass is 444 g/mol. The number of carbonyl (C=O) groups excluding carboxylic acids is 1. The summed E-state index contributed by atoms with van der Waals surface area (Å²) in [5, 5.41) is 2.56. The molecule has 0 radical (unpaired) electrons. The Morgan fingerprint density at radius 2 is 2.07 bits per heavy atom. The summed E-state index contributed by atoms with van der Waals surface area (Å²) >= 11 is 8.75. The van der Waals surface area contributed by atoms with Gasteiger partial charge in [0.25, 0.3) is 5.56 Å². The number of thiophene rings is 1. The molecular weight excluding hydrogens is 428 g/mol. The number of halogens is 1. The van der Waals surface area contributed by atoms with Crippen molar-refractivity contribution < 1.29 is 9.53 Å². The van der Waals surface area contributed by atoms with Gasteiger partial charge in [0.05, 0.1) is 22.4 Å². The summed E-state index contributed by atoms with van der Waals surface area (Å²) in [7, 11) is 0. The number of ether oxygens (including phenoxy) is 1. The number of carbonyl (C=O) groups is 1. The molecule has 0 saturated heterocycles. The van der Waals surface area contributed by atoms with Crippen LogP contribution in [0.4, 0.5) is 0 Å². The molecule has 5 nitrogen and oxygen atoms in total. The number of aromatic nitrogens is 1. The molecule has 1 atom stereocenters. The van der Waals surface area contributed by atoms with Gasteiger partial charge in [-0.15, -0.1) is 11.3 Å². The molecule has 4 rings (SSSR count). The van der Waals surface area contributed by atoms with Crippen LogP contribution in [0.1, 0.15) is 30.3 Å². The molecule has 2 aromatic heterocycles. The van der Waals surface area contributed by atoms with E-state index in [1.54, 1.807) is 30.5 Å². The largest absolute Gasteiger partial charge is 0.463 e. The van der Waals surface area contributed by atoms with Crippen molar-refractivity contribution in [3.05, 3.63) is 88.2 Å². The first-order valence-corrected chi connectivity index (χ1v) is 11.1. The SMILES string of the molecule is CCOC(=O)C1=C(C)N=c2sc(=Cc3ccc(Cl)cc3)c(=O)n2C1c1cccs1. The second kappa shape index (κ2) is 8.10. The summed E-state index contributed by atoms with van der Waals surface area (Å²) in [4.78, 5) is 32.0. The fourth-order valence-corrected chi connectivity index (χ4v) is 5.21. The molecule has 29 heavy (non-hydrogen) atoms. The molecule has 1 aliphatic heterocycles. The Hall–Kier alpha value is -2.48. The third-order valence-electron chi connectivity index (χ3n) is 4.50. The van der Waals surface area contributed by atoms with E-state index >= 15 is 0 Å². The van der Waals surface area contributed by atoms with E-state index in [-0.39, 0.29) is 12.2 Å². The Morgan fingerprint density at radius 3 is 2.72 bits per heavy atom. The number of benzene rings is 1. The van der Waals surface area contributed by atoms with E-state index in [2.05, 4.69) is 4.99 Å². The molecule has 0 aliphatic carbocycles. The number of esters is 1. The third-order valence-corrected chi connectivity index (χ3v) is 6.66. The molecule has 1 aromatic carbocycles. The first-order valence-electron chi connectivity index (χ1n) is 8.98. The minimum absolute atomic E-state index is 0.184. The minimum atomic E-state index is -0.544. The zero-order valence-electron chi connectivity index (χ0n) is 15.7. The van der Waals surface area contributed by atoms with Gasteiger partial charge in [-0.25, -0.2) is 9.79 Å². The van der Waals surface area contributed by atoms with Crippen LogP contribution in [0.2, 0.25) is 5.02 Å². The second-order valence-corrected chi connectivity index (χ2v) is 8.79. The van der Waals surface area contributed by atoms with Gasteiger partial charge in [-0.05, 0) is 49.1 Å². The molecule has 0 bridgehead atoms. The standard InChI is InChI=1S/C21H17ClN2O3S2/c1-3-27-20(26)17-12(2)23-21-24(18(17)15-5-4-10-28-15)19(25)16(29-21)11-13-6-8-14(22)9-7-13/h4-11,18H,3H2,1-2H3. The van der Waals surface area contributed by atoms with Crippen LogP contribution in [-0.4, -0.2) is 17.1 Å². The van der Waals surface area contributed by atoms with Crippen LogP contribution >= 0.6 is 34.3 Å². The number of fused-ring (bicyclic) bond motifs is 1. The highest BCUT2D eigenvalue weighted by molar-refractivity contribution is 7.10. The maximum atomic E-state index is 13.3. The highest BCUT2D eigenvalue weighted by atomic mass is 35.5. The Morgan fingerprint density at radius 1 is 1.31 bits per heavy atom. The molecule has 8 heteroatoms.